The predicted molar refractivity (Wildman–Crippen MR) is 104 cm³/mol. The lowest BCUT2D eigenvalue weighted by molar-refractivity contribution is -0.121. The maximum atomic E-state index is 12.8. The van der Waals surface area contributed by atoms with Gasteiger partial charge in [0.25, 0.3) is 5.91 Å². The van der Waals surface area contributed by atoms with Gasteiger partial charge >= 0.3 is 0 Å². The van der Waals surface area contributed by atoms with E-state index in [1.807, 2.05) is 73.6 Å². The first-order valence-electron chi connectivity index (χ1n) is 8.97. The topological polar surface area (TPSA) is 52.7 Å². The molecule has 3 rings (SSSR count). The molecule has 26 heavy (non-hydrogen) atoms. The molecule has 0 radical (unpaired) electrons. The summed E-state index contributed by atoms with van der Waals surface area (Å²) in [5, 5.41) is 2.95. The van der Waals surface area contributed by atoms with E-state index in [1.165, 1.54) is 0 Å². The average molecular weight is 351 g/mol. The van der Waals surface area contributed by atoms with E-state index in [4.69, 9.17) is 0 Å². The lowest BCUT2D eigenvalue weighted by atomic mass is 9.96. The molecule has 2 amide bonds. The van der Waals surface area contributed by atoms with Gasteiger partial charge in [0.15, 0.2) is 0 Å². The maximum Gasteiger partial charge on any atom is 0.253 e. The van der Waals surface area contributed by atoms with Crippen LogP contribution in [0.25, 0.3) is 0 Å². The Labute approximate surface area is 154 Å². The molecule has 1 heterocycles. The van der Waals surface area contributed by atoms with Crippen molar-refractivity contribution >= 4 is 23.2 Å². The molecular weight excluding hydrogens is 326 g/mol. The molecule has 1 unspecified atom stereocenters. The highest BCUT2D eigenvalue weighted by molar-refractivity contribution is 5.96. The summed E-state index contributed by atoms with van der Waals surface area (Å²) < 4.78 is 0. The molecule has 1 fully saturated rings. The molecule has 0 spiro atoms. The van der Waals surface area contributed by atoms with Crippen molar-refractivity contribution in [2.45, 2.75) is 12.8 Å². The van der Waals surface area contributed by atoms with Crippen LogP contribution in [-0.4, -0.2) is 43.9 Å². The molecule has 0 saturated carbocycles. The molecule has 1 aliphatic rings. The number of nitrogens with zero attached hydrogens (tertiary/aromatic N) is 2. The van der Waals surface area contributed by atoms with Crippen LogP contribution in [0.4, 0.5) is 11.4 Å². The summed E-state index contributed by atoms with van der Waals surface area (Å²) in [6, 6.07) is 17.0. The smallest absolute Gasteiger partial charge is 0.253 e. The van der Waals surface area contributed by atoms with Gasteiger partial charge in [-0.1, -0.05) is 18.2 Å². The summed E-state index contributed by atoms with van der Waals surface area (Å²) in [6.45, 7) is 1.16. The van der Waals surface area contributed by atoms with E-state index >= 15 is 0 Å². The van der Waals surface area contributed by atoms with Crippen molar-refractivity contribution in [1.29, 1.82) is 0 Å². The molecule has 0 aliphatic carbocycles. The number of nitrogens with one attached hydrogen (secondary N) is 1. The molecule has 5 heteroatoms. The van der Waals surface area contributed by atoms with E-state index in [1.54, 1.807) is 4.90 Å². The summed E-state index contributed by atoms with van der Waals surface area (Å²) in [5.41, 5.74) is 2.51. The van der Waals surface area contributed by atoms with Crippen molar-refractivity contribution < 1.29 is 9.59 Å². The van der Waals surface area contributed by atoms with Gasteiger partial charge in [-0.25, -0.2) is 0 Å². The van der Waals surface area contributed by atoms with Crippen LogP contribution in [0.1, 0.15) is 23.2 Å². The van der Waals surface area contributed by atoms with Gasteiger partial charge in [-0.05, 0) is 49.2 Å². The SMILES string of the molecule is CN(C)c1ccc(C(=O)N2CCCC(C(=O)Nc3ccccc3)C2)cc1. The van der Waals surface area contributed by atoms with Gasteiger partial charge in [0.1, 0.15) is 0 Å². The zero-order chi connectivity index (χ0) is 18.5. The van der Waals surface area contributed by atoms with Crippen LogP contribution in [0.5, 0.6) is 0 Å². The van der Waals surface area contributed by atoms with E-state index < -0.39 is 0 Å². The van der Waals surface area contributed by atoms with Gasteiger partial charge < -0.3 is 15.1 Å². The number of likely N-dealkylation sites (tertiary alicyclic amines) is 1. The highest BCUT2D eigenvalue weighted by atomic mass is 16.2. The number of hydrogen-bond acceptors (Lipinski definition) is 3. The van der Waals surface area contributed by atoms with Crippen molar-refractivity contribution in [2.75, 3.05) is 37.4 Å². The third-order valence-electron chi connectivity index (χ3n) is 4.75. The predicted octanol–water partition coefficient (Wildman–Crippen LogP) is 3.24. The molecule has 136 valence electrons. The molecule has 2 aromatic carbocycles. The third-order valence-corrected chi connectivity index (χ3v) is 4.75. The van der Waals surface area contributed by atoms with Crippen LogP contribution in [0.3, 0.4) is 0 Å². The summed E-state index contributed by atoms with van der Waals surface area (Å²) in [6.07, 6.45) is 1.65. The number of piperidine rings is 1. The molecule has 5 nitrogen and oxygen atoms in total. The second kappa shape index (κ2) is 8.04. The zero-order valence-corrected chi connectivity index (χ0v) is 15.3. The van der Waals surface area contributed by atoms with Crippen molar-refractivity contribution in [1.82, 2.24) is 4.90 Å². The van der Waals surface area contributed by atoms with Crippen LogP contribution in [-0.2, 0) is 4.79 Å². The summed E-state index contributed by atoms with van der Waals surface area (Å²) in [5.74, 6) is -0.196. The second-order valence-corrected chi connectivity index (χ2v) is 6.89. The number of para-hydroxylation sites is 1. The van der Waals surface area contributed by atoms with Crippen LogP contribution < -0.4 is 10.2 Å². The molecule has 1 saturated heterocycles. The molecule has 1 aliphatic heterocycles. The Morgan fingerprint density at radius 2 is 1.73 bits per heavy atom. The summed E-state index contributed by atoms with van der Waals surface area (Å²) >= 11 is 0. The third kappa shape index (κ3) is 4.23. The van der Waals surface area contributed by atoms with Gasteiger partial charge in [-0.2, -0.15) is 0 Å². The lowest BCUT2D eigenvalue weighted by Gasteiger charge is -2.32. The standard InChI is InChI=1S/C21H25N3O2/c1-23(2)19-12-10-16(11-13-19)21(26)24-14-6-7-17(15-24)20(25)22-18-8-4-3-5-9-18/h3-5,8-13,17H,6-7,14-15H2,1-2H3,(H,22,25). The van der Waals surface area contributed by atoms with Crippen LogP contribution in [0.2, 0.25) is 0 Å². The van der Waals surface area contributed by atoms with Gasteiger partial charge in [0, 0.05) is 44.1 Å². The monoisotopic (exact) mass is 351 g/mol. The Bertz CT molecular complexity index is 757. The highest BCUT2D eigenvalue weighted by Crippen LogP contribution is 2.21. The van der Waals surface area contributed by atoms with Gasteiger partial charge in [-0.15, -0.1) is 0 Å². The number of amides is 2. The number of hydrogen-bond donors (Lipinski definition) is 1. The van der Waals surface area contributed by atoms with Crippen molar-refractivity contribution in [2.24, 2.45) is 5.92 Å². The zero-order valence-electron chi connectivity index (χ0n) is 15.3. The first kappa shape index (κ1) is 18.0. The Morgan fingerprint density at radius 3 is 2.38 bits per heavy atom. The van der Waals surface area contributed by atoms with Crippen LogP contribution >= 0.6 is 0 Å². The van der Waals surface area contributed by atoms with E-state index in [2.05, 4.69) is 5.32 Å². The number of rotatable bonds is 4. The summed E-state index contributed by atoms with van der Waals surface area (Å²) in [7, 11) is 3.94. The Balaban J connectivity index is 1.64. The van der Waals surface area contributed by atoms with Crippen molar-refractivity contribution in [3.63, 3.8) is 0 Å². The van der Waals surface area contributed by atoms with Gasteiger partial charge in [0.2, 0.25) is 5.91 Å². The number of carbonyl (C=O) groups is 2. The molecule has 0 aromatic heterocycles. The van der Waals surface area contributed by atoms with E-state index in [0.29, 0.717) is 18.7 Å². The van der Waals surface area contributed by atoms with E-state index in [-0.39, 0.29) is 17.7 Å². The first-order chi connectivity index (χ1) is 12.5. The second-order valence-electron chi connectivity index (χ2n) is 6.89. The molecule has 1 N–H and O–H groups in total. The van der Waals surface area contributed by atoms with Gasteiger partial charge in [-0.3, -0.25) is 9.59 Å². The Kier molecular flexibility index (Phi) is 5.56. The number of anilines is 2. The van der Waals surface area contributed by atoms with Crippen molar-refractivity contribution in [3.05, 3.63) is 60.2 Å². The minimum atomic E-state index is -0.172. The normalized spacial score (nSPS) is 16.8. The molecular formula is C21H25N3O2. The van der Waals surface area contributed by atoms with E-state index in [9.17, 15) is 9.59 Å². The number of benzene rings is 2. The Morgan fingerprint density at radius 1 is 1.04 bits per heavy atom. The maximum absolute atomic E-state index is 12.8. The minimum Gasteiger partial charge on any atom is -0.378 e. The largest absolute Gasteiger partial charge is 0.378 e. The lowest BCUT2D eigenvalue weighted by Crippen LogP contribution is -2.43. The Hall–Kier alpha value is -2.82. The fourth-order valence-corrected chi connectivity index (χ4v) is 3.23. The average Bonchev–Trinajstić information content (AvgIpc) is 2.68. The number of carbonyl (C=O) groups excluding carboxylic acids is 2. The van der Waals surface area contributed by atoms with Crippen LogP contribution in [0, 0.1) is 5.92 Å². The van der Waals surface area contributed by atoms with E-state index in [0.717, 1.165) is 24.2 Å². The highest BCUT2D eigenvalue weighted by Gasteiger charge is 2.29. The molecule has 0 bridgehead atoms. The van der Waals surface area contributed by atoms with Crippen molar-refractivity contribution in [3.8, 4) is 0 Å². The minimum absolute atomic E-state index is 0.00693. The summed E-state index contributed by atoms with van der Waals surface area (Å²) in [4.78, 5) is 29.1. The first-order valence-corrected chi connectivity index (χ1v) is 8.97. The fraction of sp³-hybridized carbons (Fsp3) is 0.333. The fourth-order valence-electron chi connectivity index (χ4n) is 3.23. The molecule has 2 aromatic rings. The van der Waals surface area contributed by atoms with Crippen LogP contribution in [0.15, 0.2) is 54.6 Å². The molecule has 1 atom stereocenters. The van der Waals surface area contributed by atoms with Gasteiger partial charge in [0.05, 0.1) is 5.92 Å². The quantitative estimate of drug-likeness (QED) is 0.920.